The van der Waals surface area contributed by atoms with Crippen LogP contribution in [0.3, 0.4) is 0 Å². The van der Waals surface area contributed by atoms with Crippen LogP contribution in [0.5, 0.6) is 0 Å². The van der Waals surface area contributed by atoms with Gasteiger partial charge in [0.05, 0.1) is 0 Å². The second-order valence-corrected chi connectivity index (χ2v) is 8.98. The third-order valence-electron chi connectivity index (χ3n) is 6.50. The molecule has 4 rings (SSSR count). The lowest BCUT2D eigenvalue weighted by atomic mass is 9.82. The summed E-state index contributed by atoms with van der Waals surface area (Å²) in [5.41, 5.74) is 1.17. The van der Waals surface area contributed by atoms with Crippen molar-refractivity contribution in [2.24, 2.45) is 35.5 Å². The lowest BCUT2D eigenvalue weighted by Gasteiger charge is -2.24. The molecule has 0 saturated heterocycles. The zero-order valence-corrected chi connectivity index (χ0v) is 17.5. The molecule has 0 heterocycles. The number of rotatable bonds is 1. The maximum atomic E-state index is 3.56. The van der Waals surface area contributed by atoms with Gasteiger partial charge in [0, 0.05) is 0 Å². The van der Waals surface area contributed by atoms with Crippen molar-refractivity contribution in [1.82, 2.24) is 0 Å². The van der Waals surface area contributed by atoms with Crippen molar-refractivity contribution in [1.29, 1.82) is 0 Å². The van der Waals surface area contributed by atoms with Gasteiger partial charge in [-0.15, -0.1) is 6.58 Å². The predicted molar refractivity (Wildman–Crippen MR) is 110 cm³/mol. The molecule has 0 amide bonds. The fraction of sp³-hybridized carbons (Fsp3) is 0.833. The summed E-state index contributed by atoms with van der Waals surface area (Å²) in [6.45, 7) is 16.7. The van der Waals surface area contributed by atoms with Gasteiger partial charge in [-0.25, -0.2) is 0 Å². The number of fused-ring (bicyclic) bond motifs is 4. The monoisotopic (exact) mass is 332 g/mol. The van der Waals surface area contributed by atoms with Crippen molar-refractivity contribution < 1.29 is 0 Å². The van der Waals surface area contributed by atoms with E-state index in [9.17, 15) is 0 Å². The standard InChI is InChI=1S/C9H16.C7H10.C4H8.C4H10/c1-6-7(2)9-4-3-8(6)5-9;1-2-7-4-3-6(1)5-7;1-4(2)3;1-3-4-2/h6-9H,3-5H2,1-2H3;1-2,6-7H,3-5H2;1H2,2-3H3;3-4H2,1-2H3/t6?,7?,8-,9+;6-,7+;;. The summed E-state index contributed by atoms with van der Waals surface area (Å²) >= 11 is 0. The molecule has 6 atom stereocenters. The second kappa shape index (κ2) is 11.2. The van der Waals surface area contributed by atoms with E-state index >= 15 is 0 Å². The van der Waals surface area contributed by atoms with Gasteiger partial charge in [0.25, 0.3) is 0 Å². The van der Waals surface area contributed by atoms with Gasteiger partial charge in [-0.05, 0) is 87.9 Å². The topological polar surface area (TPSA) is 0 Å². The van der Waals surface area contributed by atoms with Crippen molar-refractivity contribution in [2.75, 3.05) is 0 Å². The molecule has 0 N–H and O–H groups in total. The van der Waals surface area contributed by atoms with Gasteiger partial charge in [0.1, 0.15) is 0 Å². The van der Waals surface area contributed by atoms with Crippen molar-refractivity contribution in [3.05, 3.63) is 24.3 Å². The van der Waals surface area contributed by atoms with Crippen LogP contribution in [-0.2, 0) is 0 Å². The van der Waals surface area contributed by atoms with E-state index < -0.39 is 0 Å². The Labute approximate surface area is 153 Å². The van der Waals surface area contributed by atoms with Crippen LogP contribution in [0.25, 0.3) is 0 Å². The Bertz CT molecular complexity index is 341. The minimum atomic E-state index is 0.991. The molecule has 140 valence electrons. The first kappa shape index (κ1) is 21.5. The molecule has 0 aromatic rings. The van der Waals surface area contributed by atoms with E-state index in [4.69, 9.17) is 0 Å². The highest BCUT2D eigenvalue weighted by Gasteiger charge is 2.42. The maximum absolute atomic E-state index is 3.56. The molecule has 4 aliphatic carbocycles. The van der Waals surface area contributed by atoms with Gasteiger partial charge in [-0.1, -0.05) is 58.3 Å². The Hall–Kier alpha value is -0.520. The van der Waals surface area contributed by atoms with Crippen LogP contribution in [0.15, 0.2) is 24.3 Å². The van der Waals surface area contributed by atoms with Crippen LogP contribution in [0.4, 0.5) is 0 Å². The first-order chi connectivity index (χ1) is 11.4. The predicted octanol–water partition coefficient (Wildman–Crippen LogP) is 8.05. The number of hydrogen-bond acceptors (Lipinski definition) is 0. The Morgan fingerprint density at radius 3 is 1.29 bits per heavy atom. The van der Waals surface area contributed by atoms with E-state index in [-0.39, 0.29) is 0 Å². The summed E-state index contributed by atoms with van der Waals surface area (Å²) in [7, 11) is 0. The molecule has 0 spiro atoms. The van der Waals surface area contributed by atoms with E-state index in [1.807, 2.05) is 13.8 Å². The fourth-order valence-corrected chi connectivity index (χ4v) is 4.58. The van der Waals surface area contributed by atoms with E-state index in [2.05, 4.69) is 46.4 Å². The van der Waals surface area contributed by atoms with Crippen molar-refractivity contribution in [3.63, 3.8) is 0 Å². The summed E-state index contributed by atoms with van der Waals surface area (Å²) in [6, 6.07) is 0. The zero-order chi connectivity index (χ0) is 18.1. The number of allylic oxidation sites excluding steroid dienone is 3. The maximum Gasteiger partial charge on any atom is -0.0228 e. The van der Waals surface area contributed by atoms with E-state index in [1.165, 1.54) is 50.5 Å². The fourth-order valence-electron chi connectivity index (χ4n) is 4.58. The van der Waals surface area contributed by atoms with Gasteiger partial charge in [0.15, 0.2) is 0 Å². The SMILES string of the molecule is C1=C[C@H]2CC[C@@H]1C2.C=C(C)C.CC1C(C)[C@H]2CC[C@@H]1C2.CCCC. The molecule has 0 aromatic heterocycles. The molecule has 0 radical (unpaired) electrons. The second-order valence-electron chi connectivity index (χ2n) is 8.98. The molecule has 3 saturated carbocycles. The molecule has 0 nitrogen and oxygen atoms in total. The lowest BCUT2D eigenvalue weighted by Crippen LogP contribution is -2.15. The Kier molecular flexibility index (Phi) is 10.0. The van der Waals surface area contributed by atoms with Gasteiger partial charge in [-0.3, -0.25) is 0 Å². The first-order valence-electron chi connectivity index (χ1n) is 10.7. The molecule has 0 aliphatic heterocycles. The normalized spacial score (nSPS) is 36.9. The molecule has 4 bridgehead atoms. The van der Waals surface area contributed by atoms with E-state index in [0.717, 1.165) is 35.5 Å². The first-order valence-corrected chi connectivity index (χ1v) is 10.7. The van der Waals surface area contributed by atoms with Gasteiger partial charge < -0.3 is 0 Å². The van der Waals surface area contributed by atoms with Gasteiger partial charge >= 0.3 is 0 Å². The largest absolute Gasteiger partial charge is 0.100 e. The third kappa shape index (κ3) is 7.16. The summed E-state index contributed by atoms with van der Waals surface area (Å²) in [5, 5.41) is 0. The smallest absolute Gasteiger partial charge is 0.0228 e. The summed E-state index contributed by atoms with van der Waals surface area (Å²) in [4.78, 5) is 0. The average Bonchev–Trinajstić information content (AvgIpc) is 3.32. The minimum absolute atomic E-state index is 0.991. The summed E-state index contributed by atoms with van der Waals surface area (Å²) in [6.07, 6.45) is 16.5. The molecule has 0 heteroatoms. The quantitative estimate of drug-likeness (QED) is 0.426. The Morgan fingerprint density at radius 1 is 0.792 bits per heavy atom. The highest BCUT2D eigenvalue weighted by Crippen LogP contribution is 2.51. The average molecular weight is 333 g/mol. The highest BCUT2D eigenvalue weighted by molar-refractivity contribution is 5.06. The molecule has 24 heavy (non-hydrogen) atoms. The zero-order valence-electron chi connectivity index (χ0n) is 17.5. The van der Waals surface area contributed by atoms with Crippen molar-refractivity contribution in [2.45, 2.75) is 92.9 Å². The van der Waals surface area contributed by atoms with E-state index in [0.29, 0.717) is 0 Å². The van der Waals surface area contributed by atoms with Gasteiger partial charge in [-0.2, -0.15) is 0 Å². The molecular weight excluding hydrogens is 288 g/mol. The molecule has 0 aromatic carbocycles. The van der Waals surface area contributed by atoms with Crippen LogP contribution in [-0.4, -0.2) is 0 Å². The van der Waals surface area contributed by atoms with Crippen LogP contribution in [0.2, 0.25) is 0 Å². The van der Waals surface area contributed by atoms with Crippen molar-refractivity contribution >= 4 is 0 Å². The third-order valence-corrected chi connectivity index (χ3v) is 6.50. The minimum Gasteiger partial charge on any atom is -0.100 e. The van der Waals surface area contributed by atoms with Crippen LogP contribution in [0, 0.1) is 35.5 Å². The molecule has 2 unspecified atom stereocenters. The lowest BCUT2D eigenvalue weighted by molar-refractivity contribution is 0.259. The van der Waals surface area contributed by atoms with Crippen LogP contribution in [0.1, 0.15) is 92.9 Å². The summed E-state index contributed by atoms with van der Waals surface area (Å²) in [5.74, 6) is 6.30. The van der Waals surface area contributed by atoms with Crippen molar-refractivity contribution in [3.8, 4) is 0 Å². The highest BCUT2D eigenvalue weighted by atomic mass is 14.5. The van der Waals surface area contributed by atoms with E-state index in [1.54, 1.807) is 6.42 Å². The Balaban J connectivity index is 0.000000172. The summed E-state index contributed by atoms with van der Waals surface area (Å²) < 4.78 is 0. The molecule has 4 aliphatic rings. The van der Waals surface area contributed by atoms with Crippen LogP contribution >= 0.6 is 0 Å². The Morgan fingerprint density at radius 2 is 1.17 bits per heavy atom. The van der Waals surface area contributed by atoms with Gasteiger partial charge in [0.2, 0.25) is 0 Å². The molecular formula is C24H44. The van der Waals surface area contributed by atoms with Crippen LogP contribution < -0.4 is 0 Å². The molecule has 3 fully saturated rings. The number of hydrogen-bond donors (Lipinski definition) is 0. The number of unbranched alkanes of at least 4 members (excludes halogenated alkanes) is 1.